The van der Waals surface area contributed by atoms with Crippen LogP contribution in [-0.2, 0) is 4.74 Å². The first-order valence-electron chi connectivity index (χ1n) is 6.90. The SMILES string of the molecule is C=C1CCC(N2CCCC2)CO/C1=C(\C)C=NC. The molecule has 0 spiro atoms. The van der Waals surface area contributed by atoms with Crippen LogP contribution >= 0.6 is 0 Å². The van der Waals surface area contributed by atoms with Gasteiger partial charge in [0.25, 0.3) is 0 Å². The molecule has 2 heterocycles. The Bertz CT molecular complexity index is 365. The molecule has 0 aromatic heterocycles. The Morgan fingerprint density at radius 1 is 1.44 bits per heavy atom. The van der Waals surface area contributed by atoms with Gasteiger partial charge in [0.15, 0.2) is 0 Å². The molecule has 0 amide bonds. The molecule has 2 saturated heterocycles. The van der Waals surface area contributed by atoms with E-state index in [9.17, 15) is 0 Å². The molecule has 3 heteroatoms. The van der Waals surface area contributed by atoms with Crippen molar-refractivity contribution in [2.45, 2.75) is 38.6 Å². The normalized spacial score (nSPS) is 29.4. The first kappa shape index (κ1) is 13.3. The van der Waals surface area contributed by atoms with Crippen LogP contribution in [0.1, 0.15) is 32.6 Å². The Kier molecular flexibility index (Phi) is 4.59. The smallest absolute Gasteiger partial charge is 0.126 e. The second kappa shape index (κ2) is 6.19. The lowest BCUT2D eigenvalue weighted by molar-refractivity contribution is 0.123. The van der Waals surface area contributed by atoms with Crippen molar-refractivity contribution in [2.24, 2.45) is 4.99 Å². The van der Waals surface area contributed by atoms with Gasteiger partial charge in [-0.1, -0.05) is 6.58 Å². The molecule has 18 heavy (non-hydrogen) atoms. The van der Waals surface area contributed by atoms with E-state index in [-0.39, 0.29) is 0 Å². The molecule has 100 valence electrons. The molecule has 0 bridgehead atoms. The summed E-state index contributed by atoms with van der Waals surface area (Å²) in [5.41, 5.74) is 2.21. The second-order valence-electron chi connectivity index (χ2n) is 5.25. The number of nitrogens with zero attached hydrogens (tertiary/aromatic N) is 2. The largest absolute Gasteiger partial charge is 0.491 e. The summed E-state index contributed by atoms with van der Waals surface area (Å²) >= 11 is 0. The van der Waals surface area contributed by atoms with Crippen LogP contribution in [0.2, 0.25) is 0 Å². The summed E-state index contributed by atoms with van der Waals surface area (Å²) in [6.45, 7) is 9.46. The zero-order valence-electron chi connectivity index (χ0n) is 11.6. The minimum absolute atomic E-state index is 0.563. The van der Waals surface area contributed by atoms with Gasteiger partial charge >= 0.3 is 0 Å². The van der Waals surface area contributed by atoms with Gasteiger partial charge in [-0.25, -0.2) is 0 Å². The van der Waals surface area contributed by atoms with Crippen LogP contribution < -0.4 is 0 Å². The third-order valence-corrected chi connectivity index (χ3v) is 3.86. The maximum Gasteiger partial charge on any atom is 0.126 e. The molecule has 2 fully saturated rings. The number of rotatable bonds is 2. The van der Waals surface area contributed by atoms with Crippen molar-refractivity contribution in [1.82, 2.24) is 4.90 Å². The van der Waals surface area contributed by atoms with Crippen LogP contribution in [0, 0.1) is 0 Å². The summed E-state index contributed by atoms with van der Waals surface area (Å²) in [6.07, 6.45) is 6.73. The van der Waals surface area contributed by atoms with E-state index in [0.29, 0.717) is 6.04 Å². The third kappa shape index (κ3) is 3.02. The van der Waals surface area contributed by atoms with Crippen LogP contribution in [0.5, 0.6) is 0 Å². The number of hydrogen-bond donors (Lipinski definition) is 0. The van der Waals surface area contributed by atoms with Crippen molar-refractivity contribution < 1.29 is 4.74 Å². The Labute approximate surface area is 110 Å². The van der Waals surface area contributed by atoms with E-state index < -0.39 is 0 Å². The molecular formula is C15H24N2O. The first-order chi connectivity index (χ1) is 8.72. The Morgan fingerprint density at radius 3 is 2.83 bits per heavy atom. The minimum Gasteiger partial charge on any atom is -0.491 e. The van der Waals surface area contributed by atoms with Crippen molar-refractivity contribution in [3.8, 4) is 0 Å². The summed E-state index contributed by atoms with van der Waals surface area (Å²) in [5, 5.41) is 0. The van der Waals surface area contributed by atoms with Crippen LogP contribution in [0.4, 0.5) is 0 Å². The Balaban J connectivity index is 2.06. The highest BCUT2D eigenvalue weighted by Gasteiger charge is 2.26. The van der Waals surface area contributed by atoms with Gasteiger partial charge in [0.2, 0.25) is 0 Å². The van der Waals surface area contributed by atoms with E-state index in [1.807, 2.05) is 13.1 Å². The predicted molar refractivity (Wildman–Crippen MR) is 76.0 cm³/mol. The fourth-order valence-electron chi connectivity index (χ4n) is 2.86. The predicted octanol–water partition coefficient (Wildman–Crippen LogP) is 2.79. The molecule has 0 radical (unpaired) electrons. The van der Waals surface area contributed by atoms with E-state index in [0.717, 1.165) is 29.9 Å². The number of allylic oxidation sites excluding steroid dienone is 2. The maximum absolute atomic E-state index is 6.00. The van der Waals surface area contributed by atoms with E-state index >= 15 is 0 Å². The van der Waals surface area contributed by atoms with Crippen LogP contribution in [-0.4, -0.2) is 43.9 Å². The van der Waals surface area contributed by atoms with Crippen molar-refractivity contribution >= 4 is 6.21 Å². The van der Waals surface area contributed by atoms with Gasteiger partial charge in [-0.05, 0) is 51.3 Å². The topological polar surface area (TPSA) is 24.8 Å². The summed E-state index contributed by atoms with van der Waals surface area (Å²) in [4.78, 5) is 6.63. The van der Waals surface area contributed by atoms with Gasteiger partial charge in [0.1, 0.15) is 12.4 Å². The zero-order chi connectivity index (χ0) is 13.0. The molecule has 0 aliphatic carbocycles. The van der Waals surface area contributed by atoms with Crippen molar-refractivity contribution in [2.75, 3.05) is 26.7 Å². The molecule has 1 unspecified atom stereocenters. The van der Waals surface area contributed by atoms with E-state index in [4.69, 9.17) is 4.74 Å². The molecule has 3 nitrogen and oxygen atoms in total. The van der Waals surface area contributed by atoms with Gasteiger partial charge < -0.3 is 4.74 Å². The monoisotopic (exact) mass is 248 g/mol. The Morgan fingerprint density at radius 2 is 2.17 bits per heavy atom. The molecule has 0 saturated carbocycles. The highest BCUT2D eigenvalue weighted by Crippen LogP contribution is 2.27. The molecule has 2 aliphatic rings. The average molecular weight is 248 g/mol. The average Bonchev–Trinajstić information content (AvgIpc) is 2.80. The first-order valence-corrected chi connectivity index (χ1v) is 6.90. The van der Waals surface area contributed by atoms with Crippen molar-refractivity contribution in [3.05, 3.63) is 23.5 Å². The highest BCUT2D eigenvalue weighted by atomic mass is 16.5. The summed E-state index contributed by atoms with van der Waals surface area (Å²) < 4.78 is 6.00. The lowest BCUT2D eigenvalue weighted by atomic mass is 10.0. The highest BCUT2D eigenvalue weighted by molar-refractivity contribution is 5.79. The molecule has 2 rings (SSSR count). The van der Waals surface area contributed by atoms with Crippen LogP contribution in [0.15, 0.2) is 28.5 Å². The van der Waals surface area contributed by atoms with Gasteiger partial charge in [-0.15, -0.1) is 0 Å². The molecule has 0 aromatic carbocycles. The van der Waals surface area contributed by atoms with E-state index in [2.05, 4.69) is 16.5 Å². The molecule has 0 N–H and O–H groups in total. The maximum atomic E-state index is 6.00. The van der Waals surface area contributed by atoms with Gasteiger partial charge in [-0.3, -0.25) is 9.89 Å². The standard InChI is InChI=1S/C15H24N2O/c1-12-6-7-14(17-8-4-5-9-17)11-18-15(12)13(2)10-16-3/h10,14H,1,4-9,11H2,2-3H3/b15-13+,16-10?. The summed E-state index contributed by atoms with van der Waals surface area (Å²) in [6, 6.07) is 0.563. The van der Waals surface area contributed by atoms with E-state index in [1.54, 1.807) is 7.05 Å². The molecule has 2 aliphatic heterocycles. The minimum atomic E-state index is 0.563. The second-order valence-corrected chi connectivity index (χ2v) is 5.25. The van der Waals surface area contributed by atoms with E-state index in [1.165, 1.54) is 32.4 Å². The number of aliphatic imine (C=N–C) groups is 1. The fourth-order valence-corrected chi connectivity index (χ4v) is 2.86. The Hall–Kier alpha value is -1.09. The number of hydrogen-bond acceptors (Lipinski definition) is 3. The lowest BCUT2D eigenvalue weighted by Crippen LogP contribution is -2.35. The quantitative estimate of drug-likeness (QED) is 0.702. The van der Waals surface area contributed by atoms with Crippen molar-refractivity contribution in [3.63, 3.8) is 0 Å². The number of likely N-dealkylation sites (tertiary alicyclic amines) is 1. The molecule has 1 atom stereocenters. The zero-order valence-corrected chi connectivity index (χ0v) is 11.6. The van der Waals surface area contributed by atoms with Crippen molar-refractivity contribution in [1.29, 1.82) is 0 Å². The summed E-state index contributed by atoms with van der Waals surface area (Å²) in [5.74, 6) is 0.960. The fraction of sp³-hybridized carbons (Fsp3) is 0.667. The number of ether oxygens (including phenoxy) is 1. The van der Waals surface area contributed by atoms with Gasteiger partial charge in [0.05, 0.1) is 0 Å². The summed E-state index contributed by atoms with van der Waals surface area (Å²) in [7, 11) is 1.79. The van der Waals surface area contributed by atoms with Gasteiger partial charge in [0, 0.05) is 24.9 Å². The lowest BCUT2D eigenvalue weighted by Gasteiger charge is -2.25. The third-order valence-electron chi connectivity index (χ3n) is 3.86. The van der Waals surface area contributed by atoms with Crippen LogP contribution in [0.25, 0.3) is 0 Å². The van der Waals surface area contributed by atoms with Gasteiger partial charge in [-0.2, -0.15) is 0 Å². The van der Waals surface area contributed by atoms with Crippen LogP contribution in [0.3, 0.4) is 0 Å². The molecule has 0 aromatic rings. The molecular weight excluding hydrogens is 224 g/mol.